The van der Waals surface area contributed by atoms with Crippen molar-refractivity contribution in [3.8, 4) is 0 Å². The molecular weight excluding hydrogens is 434 g/mol. The highest BCUT2D eigenvalue weighted by Crippen LogP contribution is 2.20. The van der Waals surface area contributed by atoms with Gasteiger partial charge in [0.15, 0.2) is 12.4 Å². The Labute approximate surface area is 201 Å². The van der Waals surface area contributed by atoms with Gasteiger partial charge in [-0.2, -0.15) is 0 Å². The Hall–Kier alpha value is -2.84. The van der Waals surface area contributed by atoms with Gasteiger partial charge in [0.05, 0.1) is 17.6 Å². The predicted octanol–water partition coefficient (Wildman–Crippen LogP) is 3.99. The lowest BCUT2D eigenvalue weighted by Crippen LogP contribution is -2.41. The molecule has 1 aromatic carbocycles. The number of unbranched alkanes of at least 4 members (excludes halogenated alkanes) is 8. The summed E-state index contributed by atoms with van der Waals surface area (Å²) in [6.45, 7) is 0.652. The lowest BCUT2D eigenvalue weighted by atomic mass is 10.0. The summed E-state index contributed by atoms with van der Waals surface area (Å²) in [5, 5.41) is 33.4. The van der Waals surface area contributed by atoms with Gasteiger partial charge in [0.25, 0.3) is 5.69 Å². The first kappa shape index (κ1) is 27.4. The monoisotopic (exact) mass is 472 g/mol. The molecule has 0 unspecified atom stereocenters. The highest BCUT2D eigenvalue weighted by molar-refractivity contribution is 5.76. The average molecular weight is 473 g/mol. The molecule has 0 saturated carbocycles. The van der Waals surface area contributed by atoms with E-state index >= 15 is 0 Å². The van der Waals surface area contributed by atoms with E-state index in [9.17, 15) is 25.1 Å². The number of aliphatic hydroxyl groups is 2. The minimum atomic E-state index is -1.14. The van der Waals surface area contributed by atoms with Crippen molar-refractivity contribution in [1.82, 2.24) is 5.32 Å². The quantitative estimate of drug-likeness (QED) is 0.139. The van der Waals surface area contributed by atoms with Crippen LogP contribution < -0.4 is 9.88 Å². The molecule has 0 aliphatic rings. The van der Waals surface area contributed by atoms with Gasteiger partial charge in [-0.05, 0) is 30.5 Å². The van der Waals surface area contributed by atoms with Crippen molar-refractivity contribution in [1.29, 1.82) is 0 Å². The summed E-state index contributed by atoms with van der Waals surface area (Å²) < 4.78 is 2.22. The summed E-state index contributed by atoms with van der Waals surface area (Å²) in [6.07, 6.45) is 13.6. The lowest BCUT2D eigenvalue weighted by Gasteiger charge is -2.22. The molecule has 8 heteroatoms. The predicted molar refractivity (Wildman–Crippen MR) is 130 cm³/mol. The van der Waals surface area contributed by atoms with Gasteiger partial charge in [-0.15, -0.1) is 0 Å². The topological polar surface area (TPSA) is 117 Å². The molecule has 8 nitrogen and oxygen atoms in total. The van der Waals surface area contributed by atoms with E-state index in [0.29, 0.717) is 12.0 Å². The highest BCUT2D eigenvalue weighted by atomic mass is 16.6. The van der Waals surface area contributed by atoms with Crippen molar-refractivity contribution < 1.29 is 24.5 Å². The number of nitrogens with zero attached hydrogens (tertiary/aromatic N) is 2. The Morgan fingerprint density at radius 1 is 0.912 bits per heavy atom. The number of aromatic nitrogens is 1. The summed E-state index contributed by atoms with van der Waals surface area (Å²) in [7, 11) is 0. The van der Waals surface area contributed by atoms with E-state index in [2.05, 4.69) is 34.4 Å². The number of aryl methyl sites for hydroxylation is 1. The van der Waals surface area contributed by atoms with E-state index in [1.165, 1.54) is 62.8 Å². The maximum atomic E-state index is 12.2. The highest BCUT2D eigenvalue weighted by Gasteiger charge is 2.22. The maximum Gasteiger partial charge on any atom is 0.269 e. The van der Waals surface area contributed by atoms with Crippen LogP contribution in [-0.2, 0) is 11.3 Å². The van der Waals surface area contributed by atoms with Crippen LogP contribution in [0.2, 0.25) is 0 Å². The molecule has 186 valence electrons. The van der Waals surface area contributed by atoms with Crippen LogP contribution in [0.5, 0.6) is 0 Å². The molecule has 1 amide bonds. The third kappa shape index (κ3) is 10.4. The molecule has 2 rings (SSSR count). The average Bonchev–Trinajstić information content (AvgIpc) is 2.86. The number of carbonyl (C=O) groups is 1. The number of nitrogens with one attached hydrogen (secondary N) is 1. The number of nitro groups is 1. The molecule has 1 aromatic heterocycles. The van der Waals surface area contributed by atoms with Crippen molar-refractivity contribution >= 4 is 11.6 Å². The van der Waals surface area contributed by atoms with Crippen molar-refractivity contribution in [2.24, 2.45) is 0 Å². The minimum absolute atomic E-state index is 0.0808. The van der Waals surface area contributed by atoms with Crippen LogP contribution in [0.15, 0.2) is 54.9 Å². The largest absolute Gasteiger partial charge is 0.394 e. The van der Waals surface area contributed by atoms with Crippen LogP contribution >= 0.6 is 0 Å². The summed E-state index contributed by atoms with van der Waals surface area (Å²) in [6, 6.07) is 10.7. The molecule has 0 saturated heterocycles. The van der Waals surface area contributed by atoms with Gasteiger partial charge < -0.3 is 15.5 Å². The van der Waals surface area contributed by atoms with E-state index in [1.807, 2.05) is 6.07 Å². The van der Waals surface area contributed by atoms with Crippen LogP contribution in [-0.4, -0.2) is 33.7 Å². The second kappa shape index (κ2) is 15.9. The zero-order valence-corrected chi connectivity index (χ0v) is 19.8. The first-order valence-electron chi connectivity index (χ1n) is 12.3. The van der Waals surface area contributed by atoms with Crippen LogP contribution in [0.25, 0.3) is 0 Å². The van der Waals surface area contributed by atoms with Crippen molar-refractivity contribution in [3.63, 3.8) is 0 Å². The molecule has 0 fully saturated rings. The number of hydrogen-bond donors (Lipinski definition) is 3. The number of aliphatic hydroxyl groups excluding tert-OH is 2. The number of amides is 1. The Morgan fingerprint density at radius 2 is 1.47 bits per heavy atom. The first-order chi connectivity index (χ1) is 16.5. The number of non-ortho nitro benzene ring substituents is 1. The zero-order valence-electron chi connectivity index (χ0n) is 19.8. The molecule has 0 aliphatic carbocycles. The molecule has 0 spiro atoms. The third-order valence-electron chi connectivity index (χ3n) is 5.97. The van der Waals surface area contributed by atoms with E-state index in [4.69, 9.17) is 0 Å². The fourth-order valence-corrected chi connectivity index (χ4v) is 3.93. The summed E-state index contributed by atoms with van der Waals surface area (Å²) in [5.74, 6) is -0.212. The van der Waals surface area contributed by atoms with E-state index in [-0.39, 0.29) is 11.6 Å². The summed E-state index contributed by atoms with van der Waals surface area (Å²) in [5.41, 5.74) is 0.325. The summed E-state index contributed by atoms with van der Waals surface area (Å²) >= 11 is 0. The van der Waals surface area contributed by atoms with E-state index in [0.717, 1.165) is 25.8 Å². The Bertz CT molecular complexity index is 845. The van der Waals surface area contributed by atoms with Crippen molar-refractivity contribution in [3.05, 3.63) is 70.5 Å². The maximum absolute atomic E-state index is 12.2. The third-order valence-corrected chi connectivity index (χ3v) is 5.97. The zero-order chi connectivity index (χ0) is 24.6. The van der Waals surface area contributed by atoms with Gasteiger partial charge in [0.1, 0.15) is 12.6 Å². The Balaban J connectivity index is 1.51. The number of benzene rings is 1. The Morgan fingerprint density at radius 3 is 2.03 bits per heavy atom. The molecular formula is C26H38N3O5+. The number of rotatable bonds is 17. The molecule has 1 heterocycles. The van der Waals surface area contributed by atoms with Crippen LogP contribution in [0.1, 0.15) is 75.9 Å². The SMILES string of the molecule is O=C(CCCCCCCCCCC[n+]1ccccc1)N[C@@H](CO)[C@@H](O)c1ccc([N+](=O)[O-])cc1. The molecule has 2 aromatic rings. The normalized spacial score (nSPS) is 12.8. The van der Waals surface area contributed by atoms with Gasteiger partial charge in [0.2, 0.25) is 5.91 Å². The summed E-state index contributed by atoms with van der Waals surface area (Å²) in [4.78, 5) is 22.4. The standard InChI is InChI=1S/C26H37N3O5/c30-21-24(26(32)22-14-16-23(17-15-22)29(33)34)27-25(31)13-9-6-4-2-1-3-5-7-10-18-28-19-11-8-12-20-28/h8,11-12,14-17,19-20,24,26,30,32H,1-7,9-10,13,18,21H2/p+1/t24-,26-/m0/s1. The molecule has 34 heavy (non-hydrogen) atoms. The molecule has 2 atom stereocenters. The smallest absolute Gasteiger partial charge is 0.269 e. The molecule has 0 bridgehead atoms. The minimum Gasteiger partial charge on any atom is -0.394 e. The van der Waals surface area contributed by atoms with Crippen LogP contribution in [0.3, 0.4) is 0 Å². The van der Waals surface area contributed by atoms with E-state index in [1.54, 1.807) is 0 Å². The number of pyridine rings is 1. The van der Waals surface area contributed by atoms with Gasteiger partial charge in [-0.3, -0.25) is 14.9 Å². The number of carbonyl (C=O) groups excluding carboxylic acids is 1. The second-order valence-electron chi connectivity index (χ2n) is 8.70. The van der Waals surface area contributed by atoms with E-state index < -0.39 is 23.7 Å². The number of hydrogen-bond acceptors (Lipinski definition) is 5. The van der Waals surface area contributed by atoms with Crippen molar-refractivity contribution in [2.75, 3.05) is 6.61 Å². The van der Waals surface area contributed by atoms with Crippen molar-refractivity contribution in [2.45, 2.75) is 82.9 Å². The van der Waals surface area contributed by atoms with Gasteiger partial charge >= 0.3 is 0 Å². The Kier molecular flexibility index (Phi) is 12.8. The number of nitro benzene ring substituents is 1. The van der Waals surface area contributed by atoms with Gasteiger partial charge in [0, 0.05) is 37.1 Å². The van der Waals surface area contributed by atoms with Gasteiger partial charge in [-0.25, -0.2) is 4.57 Å². The fourth-order valence-electron chi connectivity index (χ4n) is 3.93. The van der Waals surface area contributed by atoms with Crippen LogP contribution in [0, 0.1) is 10.1 Å². The molecule has 0 aliphatic heterocycles. The molecule has 3 N–H and O–H groups in total. The first-order valence-corrected chi connectivity index (χ1v) is 12.3. The lowest BCUT2D eigenvalue weighted by molar-refractivity contribution is -0.697. The fraction of sp³-hybridized carbons (Fsp3) is 0.538. The molecule has 0 radical (unpaired) electrons. The van der Waals surface area contributed by atoms with Crippen LogP contribution in [0.4, 0.5) is 5.69 Å². The second-order valence-corrected chi connectivity index (χ2v) is 8.70. The van der Waals surface area contributed by atoms with Gasteiger partial charge in [-0.1, -0.05) is 44.6 Å².